The van der Waals surface area contributed by atoms with E-state index in [0.717, 1.165) is 24.7 Å². The highest BCUT2D eigenvalue weighted by molar-refractivity contribution is 6.46. The zero-order chi connectivity index (χ0) is 9.68. The average molecular weight is 202 g/mol. The highest BCUT2D eigenvalue weighted by Gasteiger charge is 2.31. The topological polar surface area (TPSA) is 18.5 Å². The Bertz CT molecular complexity index is 135. The summed E-state index contributed by atoms with van der Waals surface area (Å²) in [6.45, 7) is 8.11. The summed E-state index contributed by atoms with van der Waals surface area (Å²) in [6.07, 6.45) is 4.03. The van der Waals surface area contributed by atoms with Gasteiger partial charge >= 0.3 is 9.28 Å². The molecule has 1 rings (SSSR count). The molecule has 1 aliphatic carbocycles. The zero-order valence-electron chi connectivity index (χ0n) is 9.08. The smallest absolute Gasteiger partial charge is 0.324 e. The van der Waals surface area contributed by atoms with Crippen LogP contribution in [0, 0.1) is 5.92 Å². The largest absolute Gasteiger partial charge is 0.397 e. The molecule has 0 radical (unpaired) electrons. The van der Waals surface area contributed by atoms with E-state index >= 15 is 0 Å². The van der Waals surface area contributed by atoms with Crippen molar-refractivity contribution >= 4 is 9.28 Å². The Labute approximate surface area is 83.5 Å². The molecule has 3 heteroatoms. The van der Waals surface area contributed by atoms with Gasteiger partial charge in [0.1, 0.15) is 0 Å². The molecule has 0 amide bonds. The van der Waals surface area contributed by atoms with Crippen molar-refractivity contribution in [1.29, 1.82) is 0 Å². The van der Waals surface area contributed by atoms with Crippen LogP contribution in [0.2, 0.25) is 5.54 Å². The molecule has 0 aromatic rings. The van der Waals surface area contributed by atoms with E-state index < -0.39 is 9.28 Å². The molecule has 1 aliphatic rings. The van der Waals surface area contributed by atoms with E-state index in [9.17, 15) is 0 Å². The van der Waals surface area contributed by atoms with E-state index in [2.05, 4.69) is 20.8 Å². The van der Waals surface area contributed by atoms with Crippen LogP contribution in [0.25, 0.3) is 0 Å². The second kappa shape index (κ2) is 5.78. The van der Waals surface area contributed by atoms with Gasteiger partial charge in [-0.3, -0.25) is 0 Å². The predicted molar refractivity (Wildman–Crippen MR) is 57.2 cm³/mol. The van der Waals surface area contributed by atoms with Gasteiger partial charge in [0.25, 0.3) is 0 Å². The van der Waals surface area contributed by atoms with Gasteiger partial charge in [-0.05, 0) is 32.6 Å². The van der Waals surface area contributed by atoms with Crippen LogP contribution in [0.3, 0.4) is 0 Å². The maximum absolute atomic E-state index is 5.73. The average Bonchev–Trinajstić information content (AvgIpc) is 2.51. The highest BCUT2D eigenvalue weighted by Crippen LogP contribution is 2.37. The Morgan fingerprint density at radius 1 is 1.15 bits per heavy atom. The van der Waals surface area contributed by atoms with Gasteiger partial charge in [0.2, 0.25) is 0 Å². The molecular weight excluding hydrogens is 180 g/mol. The summed E-state index contributed by atoms with van der Waals surface area (Å²) >= 11 is 0. The summed E-state index contributed by atoms with van der Waals surface area (Å²) in [4.78, 5) is 0. The lowest BCUT2D eigenvalue weighted by molar-refractivity contribution is 0.203. The Hall–Kier alpha value is 0.137. The second-order valence-electron chi connectivity index (χ2n) is 3.96. The lowest BCUT2D eigenvalue weighted by Gasteiger charge is -2.20. The number of hydrogen-bond donors (Lipinski definition) is 0. The first kappa shape index (κ1) is 11.2. The molecule has 0 aromatic carbocycles. The Balaban J connectivity index is 2.35. The lowest BCUT2D eigenvalue weighted by Crippen LogP contribution is -2.28. The highest BCUT2D eigenvalue weighted by atomic mass is 28.3. The van der Waals surface area contributed by atoms with Crippen molar-refractivity contribution in [2.45, 2.75) is 45.6 Å². The normalized spacial score (nSPS) is 28.6. The third-order valence-corrected chi connectivity index (χ3v) is 5.48. The summed E-state index contributed by atoms with van der Waals surface area (Å²) < 4.78 is 11.5. The van der Waals surface area contributed by atoms with Crippen molar-refractivity contribution in [2.24, 2.45) is 5.92 Å². The van der Waals surface area contributed by atoms with Gasteiger partial charge in [-0.25, -0.2) is 0 Å². The van der Waals surface area contributed by atoms with Crippen LogP contribution in [0.5, 0.6) is 0 Å². The first-order valence-corrected chi connectivity index (χ1v) is 7.12. The van der Waals surface area contributed by atoms with Gasteiger partial charge in [0.05, 0.1) is 0 Å². The van der Waals surface area contributed by atoms with Gasteiger partial charge in [0.15, 0.2) is 0 Å². The second-order valence-corrected chi connectivity index (χ2v) is 6.30. The van der Waals surface area contributed by atoms with Crippen molar-refractivity contribution in [3.8, 4) is 0 Å². The lowest BCUT2D eigenvalue weighted by atomic mass is 10.1. The van der Waals surface area contributed by atoms with Gasteiger partial charge in [-0.2, -0.15) is 0 Å². The van der Waals surface area contributed by atoms with E-state index in [-0.39, 0.29) is 0 Å². The van der Waals surface area contributed by atoms with Crippen LogP contribution >= 0.6 is 0 Å². The fourth-order valence-corrected chi connectivity index (χ4v) is 4.60. The van der Waals surface area contributed by atoms with Gasteiger partial charge in [-0.15, -0.1) is 0 Å². The molecule has 1 fully saturated rings. The molecule has 0 aliphatic heterocycles. The number of rotatable bonds is 5. The van der Waals surface area contributed by atoms with Gasteiger partial charge < -0.3 is 8.85 Å². The minimum absolute atomic E-state index is 0.773. The van der Waals surface area contributed by atoms with E-state index in [1.807, 2.05) is 0 Å². The van der Waals surface area contributed by atoms with Crippen LogP contribution in [-0.4, -0.2) is 22.5 Å². The van der Waals surface area contributed by atoms with Crippen molar-refractivity contribution in [3.63, 3.8) is 0 Å². The predicted octanol–water partition coefficient (Wildman–Crippen LogP) is 2.47. The summed E-state index contributed by atoms with van der Waals surface area (Å²) in [7, 11) is -1.32. The van der Waals surface area contributed by atoms with Crippen molar-refractivity contribution < 1.29 is 8.85 Å². The molecule has 0 spiro atoms. The summed E-state index contributed by atoms with van der Waals surface area (Å²) in [5.74, 6) is 0.890. The fourth-order valence-electron chi connectivity index (χ4n) is 2.15. The molecule has 2 atom stereocenters. The first-order chi connectivity index (χ1) is 6.27. The molecule has 1 saturated carbocycles. The Morgan fingerprint density at radius 3 is 2.15 bits per heavy atom. The zero-order valence-corrected chi connectivity index (χ0v) is 10.2. The van der Waals surface area contributed by atoms with Crippen LogP contribution in [-0.2, 0) is 8.85 Å². The standard InChI is InChI=1S/C10H22O2Si/c1-4-11-13(12-5-2)10-7-6-9(3)8-10/h9-10,13H,4-8H2,1-3H3. The maximum Gasteiger partial charge on any atom is 0.324 e. The molecule has 0 heterocycles. The summed E-state index contributed by atoms with van der Waals surface area (Å²) in [6, 6.07) is 0. The number of hydrogen-bond acceptors (Lipinski definition) is 2. The third kappa shape index (κ3) is 3.41. The molecule has 0 N–H and O–H groups in total. The van der Waals surface area contributed by atoms with Crippen LogP contribution in [0.1, 0.15) is 40.0 Å². The molecule has 78 valence electrons. The summed E-state index contributed by atoms with van der Waals surface area (Å²) in [5.41, 5.74) is 0.773. The van der Waals surface area contributed by atoms with E-state index in [1.165, 1.54) is 19.3 Å². The van der Waals surface area contributed by atoms with Gasteiger partial charge in [-0.1, -0.05) is 13.3 Å². The molecular formula is C10H22O2Si. The third-order valence-electron chi connectivity index (χ3n) is 2.78. The van der Waals surface area contributed by atoms with E-state index in [4.69, 9.17) is 8.85 Å². The first-order valence-electron chi connectivity index (χ1n) is 5.51. The van der Waals surface area contributed by atoms with Gasteiger partial charge in [0, 0.05) is 18.8 Å². The van der Waals surface area contributed by atoms with Crippen LogP contribution in [0.4, 0.5) is 0 Å². The SMILES string of the molecule is CCO[SiH](OCC)C1CCC(C)C1. The molecule has 0 bridgehead atoms. The van der Waals surface area contributed by atoms with E-state index in [1.54, 1.807) is 0 Å². The minimum atomic E-state index is -1.32. The molecule has 2 unspecified atom stereocenters. The Morgan fingerprint density at radius 2 is 1.77 bits per heavy atom. The van der Waals surface area contributed by atoms with Crippen molar-refractivity contribution in [2.75, 3.05) is 13.2 Å². The van der Waals surface area contributed by atoms with Crippen molar-refractivity contribution in [1.82, 2.24) is 0 Å². The van der Waals surface area contributed by atoms with Crippen LogP contribution < -0.4 is 0 Å². The maximum atomic E-state index is 5.73. The molecule has 0 aromatic heterocycles. The minimum Gasteiger partial charge on any atom is -0.397 e. The van der Waals surface area contributed by atoms with Crippen molar-refractivity contribution in [3.05, 3.63) is 0 Å². The van der Waals surface area contributed by atoms with E-state index in [0.29, 0.717) is 0 Å². The monoisotopic (exact) mass is 202 g/mol. The quantitative estimate of drug-likeness (QED) is 0.638. The fraction of sp³-hybridized carbons (Fsp3) is 1.00. The Kier molecular flexibility index (Phi) is 4.99. The molecule has 2 nitrogen and oxygen atoms in total. The van der Waals surface area contributed by atoms with Crippen LogP contribution in [0.15, 0.2) is 0 Å². The molecule has 13 heavy (non-hydrogen) atoms. The summed E-state index contributed by atoms with van der Waals surface area (Å²) in [5, 5.41) is 0. The molecule has 0 saturated heterocycles.